The molecule has 2 aliphatic heterocycles. The summed E-state index contributed by atoms with van der Waals surface area (Å²) < 4.78 is 33.1. The number of piperidine rings is 1. The number of anilines is 5. The number of amides is 6. The van der Waals surface area contributed by atoms with Gasteiger partial charge in [0.25, 0.3) is 23.6 Å². The number of H-pyrrole nitrogens is 1. The molecule has 1 saturated heterocycles. The minimum absolute atomic E-state index is 0.0130. The highest BCUT2D eigenvalue weighted by Gasteiger charge is 2.45. The number of aromatic nitrogens is 4. The van der Waals surface area contributed by atoms with Crippen LogP contribution in [0.15, 0.2) is 73.1 Å². The summed E-state index contributed by atoms with van der Waals surface area (Å²) in [5.74, 6) is -3.55. The van der Waals surface area contributed by atoms with Gasteiger partial charge in [-0.1, -0.05) is 12.1 Å². The highest BCUT2D eigenvalue weighted by molar-refractivity contribution is 6.25. The zero-order valence-corrected chi connectivity index (χ0v) is 37.1. The minimum atomic E-state index is -1.06. The van der Waals surface area contributed by atoms with Gasteiger partial charge >= 0.3 is 0 Å². The van der Waals surface area contributed by atoms with Crippen molar-refractivity contribution < 1.29 is 52.2 Å². The lowest BCUT2D eigenvalue weighted by atomic mass is 10.0. The number of carbonyl (C=O) groups is 7. The number of hydrogen-bond donors (Lipinski definition) is 6. The standard InChI is InChI=1S/C46H46FN11O10/c1-48-43(63)39-28(47)7-5-9-30(39)51-41-27-12-15-50-40(27)54-46(55-41)52-31-23-33-25(22-34(31)66-3)13-17-57(33)37(61)24-56(2)36(60)14-18-67-20-21-68-19-16-49-29-8-4-6-26-38(29)45(65)58(44(26)64)32-10-11-35(59)53-42(32)62/h4-9,12-13,15,17,22-23,32,49H,10-11,14,16,18-21,24H2,1-3H3,(H,48,63)(H,53,59,62)(H3,50,51,52,54,55). The van der Waals surface area contributed by atoms with E-state index in [1.165, 1.54) is 48.9 Å². The van der Waals surface area contributed by atoms with E-state index >= 15 is 0 Å². The maximum atomic E-state index is 14.8. The lowest BCUT2D eigenvalue weighted by Crippen LogP contribution is -2.54. The van der Waals surface area contributed by atoms with Crippen LogP contribution >= 0.6 is 0 Å². The summed E-state index contributed by atoms with van der Waals surface area (Å²) >= 11 is 0. The van der Waals surface area contributed by atoms with E-state index in [1.807, 2.05) is 0 Å². The van der Waals surface area contributed by atoms with Gasteiger partial charge in [-0.25, -0.2) is 4.39 Å². The fraction of sp³-hybridized carbons (Fsp3) is 0.283. The van der Waals surface area contributed by atoms with Crippen LogP contribution < -0.4 is 31.3 Å². The van der Waals surface area contributed by atoms with Crippen molar-refractivity contribution in [1.29, 1.82) is 0 Å². The molecule has 6 N–H and O–H groups in total. The number of fused-ring (bicyclic) bond motifs is 3. The minimum Gasteiger partial charge on any atom is -0.495 e. The Morgan fingerprint density at radius 1 is 0.912 bits per heavy atom. The zero-order valence-electron chi connectivity index (χ0n) is 37.1. The van der Waals surface area contributed by atoms with Crippen LogP contribution in [0.1, 0.15) is 55.1 Å². The Kier molecular flexibility index (Phi) is 13.7. The van der Waals surface area contributed by atoms with Gasteiger partial charge in [0.05, 0.1) is 78.9 Å². The van der Waals surface area contributed by atoms with E-state index in [-0.39, 0.29) is 105 Å². The normalized spacial score (nSPS) is 14.5. The van der Waals surface area contributed by atoms with Crippen molar-refractivity contribution in [2.45, 2.75) is 25.3 Å². The van der Waals surface area contributed by atoms with E-state index in [0.29, 0.717) is 39.1 Å². The maximum absolute atomic E-state index is 14.8. The van der Waals surface area contributed by atoms with Gasteiger partial charge in [-0.2, -0.15) is 9.97 Å². The summed E-state index contributed by atoms with van der Waals surface area (Å²) in [4.78, 5) is 104. The molecule has 0 bridgehead atoms. The Balaban J connectivity index is 0.810. The molecular formula is C46H46FN11O10. The number of likely N-dealkylation sites (N-methyl/N-ethyl adjacent to an activating group) is 1. The van der Waals surface area contributed by atoms with Gasteiger partial charge in [-0.3, -0.25) is 48.3 Å². The highest BCUT2D eigenvalue weighted by Crippen LogP contribution is 2.35. The van der Waals surface area contributed by atoms with Crippen molar-refractivity contribution in [2.75, 3.05) is 76.7 Å². The molecule has 5 heterocycles. The van der Waals surface area contributed by atoms with Crippen molar-refractivity contribution in [3.63, 3.8) is 0 Å². The molecule has 68 heavy (non-hydrogen) atoms. The van der Waals surface area contributed by atoms with Crippen LogP contribution in [0.4, 0.5) is 33.2 Å². The molecular weight excluding hydrogens is 886 g/mol. The number of rotatable bonds is 19. The van der Waals surface area contributed by atoms with Gasteiger partial charge in [0.1, 0.15) is 35.6 Å². The van der Waals surface area contributed by atoms with E-state index in [1.54, 1.807) is 54.9 Å². The lowest BCUT2D eigenvalue weighted by Gasteiger charge is -2.27. The summed E-state index contributed by atoms with van der Waals surface area (Å²) in [5.41, 5.74) is 2.10. The Morgan fingerprint density at radius 3 is 2.47 bits per heavy atom. The molecule has 1 unspecified atom stereocenters. The highest BCUT2D eigenvalue weighted by atomic mass is 19.1. The second-order valence-corrected chi connectivity index (χ2v) is 15.6. The monoisotopic (exact) mass is 931 g/mol. The predicted octanol–water partition coefficient (Wildman–Crippen LogP) is 3.94. The lowest BCUT2D eigenvalue weighted by molar-refractivity contribution is -0.136. The molecule has 0 radical (unpaired) electrons. The molecule has 6 amide bonds. The topological polar surface area (TPSA) is 260 Å². The third-order valence-electron chi connectivity index (χ3n) is 11.3. The third-order valence-corrected chi connectivity index (χ3v) is 11.3. The van der Waals surface area contributed by atoms with Crippen LogP contribution in [0, 0.1) is 5.82 Å². The van der Waals surface area contributed by atoms with Crippen molar-refractivity contribution in [2.24, 2.45) is 0 Å². The SMILES string of the molecule is CNC(=O)c1c(F)cccc1Nc1nc(Nc2cc3c(ccn3C(=O)CN(C)C(=O)CCOCCOCCNc3cccc4c3C(=O)N(C3CCC(=O)NC3=O)C4=O)cc2OC)nc2[nH]ccc12. The summed E-state index contributed by atoms with van der Waals surface area (Å²) in [6.45, 7) is 0.764. The molecule has 21 nitrogen and oxygen atoms in total. The molecule has 352 valence electrons. The number of methoxy groups -OCH3 is 1. The Morgan fingerprint density at radius 2 is 1.69 bits per heavy atom. The smallest absolute Gasteiger partial charge is 0.264 e. The van der Waals surface area contributed by atoms with Crippen LogP contribution in [-0.4, -0.2) is 137 Å². The van der Waals surface area contributed by atoms with Gasteiger partial charge in [-0.05, 0) is 55.0 Å². The maximum Gasteiger partial charge on any atom is 0.264 e. The quantitative estimate of drug-likeness (QED) is 0.0497. The fourth-order valence-electron chi connectivity index (χ4n) is 7.93. The summed E-state index contributed by atoms with van der Waals surface area (Å²) in [6, 6.07) is 14.9. The first kappa shape index (κ1) is 46.3. The largest absolute Gasteiger partial charge is 0.495 e. The van der Waals surface area contributed by atoms with Gasteiger partial charge in [0.2, 0.25) is 23.7 Å². The third kappa shape index (κ3) is 9.53. The second kappa shape index (κ2) is 20.1. The van der Waals surface area contributed by atoms with Gasteiger partial charge in [0, 0.05) is 50.5 Å². The molecule has 3 aromatic heterocycles. The zero-order chi connectivity index (χ0) is 48.1. The summed E-state index contributed by atoms with van der Waals surface area (Å²) in [7, 11) is 4.42. The number of halogens is 1. The molecule has 1 atom stereocenters. The van der Waals surface area contributed by atoms with Crippen molar-refractivity contribution in [3.05, 3.63) is 95.6 Å². The van der Waals surface area contributed by atoms with E-state index < -0.39 is 41.4 Å². The number of carbonyl (C=O) groups excluding carboxylic acids is 7. The van der Waals surface area contributed by atoms with E-state index in [0.717, 1.165) is 4.90 Å². The van der Waals surface area contributed by atoms with Crippen molar-refractivity contribution in [3.8, 4) is 5.75 Å². The number of hydrogen-bond acceptors (Lipinski definition) is 15. The van der Waals surface area contributed by atoms with Crippen molar-refractivity contribution >= 4 is 92.1 Å². The molecule has 2 aliphatic rings. The second-order valence-electron chi connectivity index (χ2n) is 15.6. The van der Waals surface area contributed by atoms with E-state index in [2.05, 4.69) is 41.5 Å². The molecule has 6 aromatic rings. The molecule has 0 aliphatic carbocycles. The van der Waals surface area contributed by atoms with Crippen LogP contribution in [-0.2, 0) is 23.9 Å². The van der Waals surface area contributed by atoms with Crippen LogP contribution in [0.3, 0.4) is 0 Å². The Hall–Kier alpha value is -8.24. The van der Waals surface area contributed by atoms with E-state index in [4.69, 9.17) is 14.2 Å². The molecule has 8 rings (SSSR count). The average Bonchev–Trinajstić information content (AvgIpc) is 4.04. The van der Waals surface area contributed by atoms with Crippen LogP contribution in [0.5, 0.6) is 5.75 Å². The first-order valence-electron chi connectivity index (χ1n) is 21.5. The number of aromatic amines is 1. The Labute approximate surface area is 386 Å². The molecule has 1 fully saturated rings. The fourth-order valence-corrected chi connectivity index (χ4v) is 7.93. The molecule has 0 saturated carbocycles. The Bertz CT molecular complexity index is 2990. The number of nitrogens with zero attached hydrogens (tertiary/aromatic N) is 5. The van der Waals surface area contributed by atoms with Gasteiger partial charge in [0.15, 0.2) is 0 Å². The van der Waals surface area contributed by atoms with Crippen LogP contribution in [0.25, 0.3) is 21.9 Å². The number of ether oxygens (including phenoxy) is 3. The van der Waals surface area contributed by atoms with E-state index in [9.17, 15) is 38.0 Å². The molecule has 0 spiro atoms. The average molecular weight is 932 g/mol. The summed E-state index contributed by atoms with van der Waals surface area (Å²) in [5, 5.41) is 15.2. The van der Waals surface area contributed by atoms with Gasteiger partial charge < -0.3 is 45.4 Å². The number of nitrogens with one attached hydrogen (secondary N) is 6. The molecule has 3 aromatic carbocycles. The van der Waals surface area contributed by atoms with Crippen LogP contribution in [0.2, 0.25) is 0 Å². The first-order valence-corrected chi connectivity index (χ1v) is 21.5. The number of benzene rings is 3. The van der Waals surface area contributed by atoms with Crippen molar-refractivity contribution in [1.82, 2.24) is 40.0 Å². The first-order chi connectivity index (χ1) is 32.9. The summed E-state index contributed by atoms with van der Waals surface area (Å²) in [6.07, 6.45) is 3.36. The predicted molar refractivity (Wildman–Crippen MR) is 245 cm³/mol. The van der Waals surface area contributed by atoms with Gasteiger partial charge in [-0.15, -0.1) is 0 Å². The molecule has 22 heteroatoms. The number of imide groups is 2.